The second kappa shape index (κ2) is 8.54. The molecule has 0 saturated carbocycles. The van der Waals surface area contributed by atoms with Gasteiger partial charge in [-0.15, -0.1) is 0 Å². The molecule has 4 N–H and O–H groups in total. The minimum absolute atomic E-state index is 0.0641. The third kappa shape index (κ3) is 4.55. The number of fused-ring (bicyclic) bond motifs is 1. The summed E-state index contributed by atoms with van der Waals surface area (Å²) in [7, 11) is -3.85. The summed E-state index contributed by atoms with van der Waals surface area (Å²) in [6.07, 6.45) is 2.06. The molecule has 158 valence electrons. The van der Waals surface area contributed by atoms with Gasteiger partial charge in [-0.3, -0.25) is 14.6 Å². The third-order valence-corrected chi connectivity index (χ3v) is 6.10. The lowest BCUT2D eigenvalue weighted by Gasteiger charge is -2.27. The van der Waals surface area contributed by atoms with Crippen LogP contribution < -0.4 is 20.7 Å². The van der Waals surface area contributed by atoms with Crippen LogP contribution in [0.4, 0.5) is 11.4 Å². The second-order valence-corrected chi connectivity index (χ2v) is 8.46. The van der Waals surface area contributed by atoms with Gasteiger partial charge in [0.2, 0.25) is 10.0 Å². The Morgan fingerprint density at radius 1 is 1.00 bits per heavy atom. The molecule has 3 aromatic rings. The first-order valence-corrected chi connectivity index (χ1v) is 10.9. The Morgan fingerprint density at radius 2 is 1.77 bits per heavy atom. The number of aromatic nitrogens is 1. The van der Waals surface area contributed by atoms with Gasteiger partial charge >= 0.3 is 0 Å². The summed E-state index contributed by atoms with van der Waals surface area (Å²) in [6, 6.07) is 16.4. The van der Waals surface area contributed by atoms with E-state index in [-0.39, 0.29) is 28.6 Å². The first-order chi connectivity index (χ1) is 14.9. The molecule has 0 fully saturated rings. The van der Waals surface area contributed by atoms with Crippen LogP contribution in [-0.2, 0) is 21.4 Å². The van der Waals surface area contributed by atoms with Gasteiger partial charge < -0.3 is 16.0 Å². The van der Waals surface area contributed by atoms with E-state index >= 15 is 0 Å². The molecule has 31 heavy (non-hydrogen) atoms. The van der Waals surface area contributed by atoms with E-state index in [0.717, 1.165) is 5.56 Å². The number of para-hydroxylation sites is 2. The average Bonchev–Trinajstić information content (AvgIpc) is 2.78. The van der Waals surface area contributed by atoms with Crippen molar-refractivity contribution in [3.63, 3.8) is 0 Å². The minimum Gasteiger partial charge on any atom is -0.360 e. The summed E-state index contributed by atoms with van der Waals surface area (Å²) in [5, 5.41) is 8.26. The molecule has 2 amide bonds. The number of benzene rings is 2. The van der Waals surface area contributed by atoms with Crippen molar-refractivity contribution >= 4 is 33.2 Å². The molecular weight excluding hydrogens is 418 g/mol. The van der Waals surface area contributed by atoms with Crippen molar-refractivity contribution in [2.24, 2.45) is 0 Å². The van der Waals surface area contributed by atoms with Crippen LogP contribution in [0.3, 0.4) is 0 Å². The van der Waals surface area contributed by atoms with Crippen molar-refractivity contribution in [1.29, 1.82) is 0 Å². The van der Waals surface area contributed by atoms with E-state index in [4.69, 9.17) is 0 Å². The van der Waals surface area contributed by atoms with Crippen LogP contribution in [0.25, 0.3) is 0 Å². The number of sulfonamides is 1. The van der Waals surface area contributed by atoms with Gasteiger partial charge in [-0.25, -0.2) is 8.42 Å². The number of hydrogen-bond acceptors (Lipinski definition) is 6. The predicted octanol–water partition coefficient (Wildman–Crippen LogP) is 1.68. The number of carbonyl (C=O) groups is 2. The van der Waals surface area contributed by atoms with Crippen LogP contribution in [-0.4, -0.2) is 31.4 Å². The first-order valence-electron chi connectivity index (χ1n) is 9.39. The Labute approximate surface area is 179 Å². The summed E-state index contributed by atoms with van der Waals surface area (Å²) in [5.74, 6) is -1.03. The maximum atomic E-state index is 12.8. The van der Waals surface area contributed by atoms with Crippen LogP contribution in [0.15, 0.2) is 78.0 Å². The highest BCUT2D eigenvalue weighted by Crippen LogP contribution is 2.26. The molecular formula is C21H19N5O4S. The first kappa shape index (κ1) is 20.5. The van der Waals surface area contributed by atoms with E-state index in [2.05, 4.69) is 25.7 Å². The molecule has 0 saturated heterocycles. The molecule has 1 atom stereocenters. The molecule has 0 bridgehead atoms. The van der Waals surface area contributed by atoms with Gasteiger partial charge in [-0.05, 0) is 35.9 Å². The fraction of sp³-hybridized carbons (Fsp3) is 0.0952. The standard InChI is InChI=1S/C21H19N5O4S/c27-20(23-13-14-6-5-11-22-12-14)15-7-1-2-8-16(15)25-21(28)19-24-17-9-3-4-10-18(17)31(29,30)26-19/h1-12,19,24,26H,13H2,(H,23,27)(H,25,28). The van der Waals surface area contributed by atoms with Crippen molar-refractivity contribution in [3.05, 3.63) is 84.2 Å². The molecule has 0 radical (unpaired) electrons. The Bertz CT molecular complexity index is 1230. The summed E-state index contributed by atoms with van der Waals surface area (Å²) >= 11 is 0. The van der Waals surface area contributed by atoms with Gasteiger partial charge in [0.1, 0.15) is 4.90 Å². The maximum Gasteiger partial charge on any atom is 0.262 e. The van der Waals surface area contributed by atoms with E-state index in [9.17, 15) is 18.0 Å². The third-order valence-electron chi connectivity index (χ3n) is 4.62. The van der Waals surface area contributed by atoms with Crippen molar-refractivity contribution < 1.29 is 18.0 Å². The number of rotatable bonds is 5. The van der Waals surface area contributed by atoms with E-state index in [1.807, 2.05) is 6.07 Å². The molecule has 1 unspecified atom stereocenters. The fourth-order valence-electron chi connectivity index (χ4n) is 3.12. The van der Waals surface area contributed by atoms with E-state index in [0.29, 0.717) is 5.69 Å². The van der Waals surface area contributed by atoms with Gasteiger partial charge in [0.05, 0.1) is 16.9 Å². The van der Waals surface area contributed by atoms with Crippen molar-refractivity contribution in [2.75, 3.05) is 10.6 Å². The quantitative estimate of drug-likeness (QED) is 0.481. The Kier molecular flexibility index (Phi) is 5.65. The molecule has 0 aliphatic carbocycles. The lowest BCUT2D eigenvalue weighted by Crippen LogP contribution is -2.51. The molecule has 4 rings (SSSR count). The molecule has 0 spiro atoms. The van der Waals surface area contributed by atoms with Crippen molar-refractivity contribution in [2.45, 2.75) is 17.6 Å². The number of nitrogens with one attached hydrogen (secondary N) is 4. The molecule has 2 aromatic carbocycles. The summed E-state index contributed by atoms with van der Waals surface area (Å²) in [5.41, 5.74) is 1.66. The molecule has 1 aromatic heterocycles. The lowest BCUT2D eigenvalue weighted by atomic mass is 10.1. The summed E-state index contributed by atoms with van der Waals surface area (Å²) < 4.78 is 27.2. The van der Waals surface area contributed by atoms with Gasteiger partial charge in [0, 0.05) is 18.9 Å². The number of anilines is 2. The van der Waals surface area contributed by atoms with Gasteiger partial charge in [0.15, 0.2) is 6.17 Å². The fourth-order valence-corrected chi connectivity index (χ4v) is 4.40. The predicted molar refractivity (Wildman–Crippen MR) is 115 cm³/mol. The highest BCUT2D eigenvalue weighted by molar-refractivity contribution is 7.89. The molecule has 1 aliphatic rings. The van der Waals surface area contributed by atoms with Gasteiger partial charge in [-0.2, -0.15) is 4.72 Å². The summed E-state index contributed by atoms with van der Waals surface area (Å²) in [4.78, 5) is 29.5. The van der Waals surface area contributed by atoms with Crippen LogP contribution in [0, 0.1) is 0 Å². The number of pyridine rings is 1. The normalized spacial score (nSPS) is 16.5. The molecule has 10 heteroatoms. The van der Waals surface area contributed by atoms with Crippen molar-refractivity contribution in [1.82, 2.24) is 15.0 Å². The van der Waals surface area contributed by atoms with Crippen LogP contribution in [0.2, 0.25) is 0 Å². The maximum absolute atomic E-state index is 12.8. The average molecular weight is 437 g/mol. The zero-order valence-electron chi connectivity index (χ0n) is 16.2. The molecule has 9 nitrogen and oxygen atoms in total. The topological polar surface area (TPSA) is 129 Å². The highest BCUT2D eigenvalue weighted by atomic mass is 32.2. The van der Waals surface area contributed by atoms with Crippen LogP contribution in [0.1, 0.15) is 15.9 Å². The SMILES string of the molecule is O=C(NCc1cccnc1)c1ccccc1NC(=O)C1Nc2ccccc2S(=O)(=O)N1. The van der Waals surface area contributed by atoms with E-state index in [1.165, 1.54) is 6.07 Å². The van der Waals surface area contributed by atoms with Gasteiger partial charge in [-0.1, -0.05) is 30.3 Å². The lowest BCUT2D eigenvalue weighted by molar-refractivity contribution is -0.117. The number of carbonyl (C=O) groups excluding carboxylic acids is 2. The summed E-state index contributed by atoms with van der Waals surface area (Å²) in [6.45, 7) is 0.274. The van der Waals surface area contributed by atoms with Crippen LogP contribution in [0.5, 0.6) is 0 Å². The highest BCUT2D eigenvalue weighted by Gasteiger charge is 2.33. The monoisotopic (exact) mass is 437 g/mol. The Morgan fingerprint density at radius 3 is 2.58 bits per heavy atom. The number of nitrogens with zero attached hydrogens (tertiary/aromatic N) is 1. The van der Waals surface area contributed by atoms with Gasteiger partial charge in [0.25, 0.3) is 11.8 Å². The largest absolute Gasteiger partial charge is 0.360 e. The number of hydrogen-bond donors (Lipinski definition) is 4. The molecule has 1 aliphatic heterocycles. The smallest absolute Gasteiger partial charge is 0.262 e. The Balaban J connectivity index is 1.49. The Hall–Kier alpha value is -3.76. The van der Waals surface area contributed by atoms with Crippen LogP contribution >= 0.6 is 0 Å². The zero-order chi connectivity index (χ0) is 21.8. The zero-order valence-corrected chi connectivity index (χ0v) is 17.0. The van der Waals surface area contributed by atoms with E-state index in [1.54, 1.807) is 60.9 Å². The molecule has 2 heterocycles. The number of amides is 2. The second-order valence-electron chi connectivity index (χ2n) is 6.77. The van der Waals surface area contributed by atoms with Crippen molar-refractivity contribution in [3.8, 4) is 0 Å². The minimum atomic E-state index is -3.85. The van der Waals surface area contributed by atoms with E-state index < -0.39 is 22.1 Å².